The second kappa shape index (κ2) is 10.6. The molecule has 0 spiro atoms. The van der Waals surface area contributed by atoms with E-state index < -0.39 is 11.9 Å². The first-order valence-electron chi connectivity index (χ1n) is 10.4. The summed E-state index contributed by atoms with van der Waals surface area (Å²) < 4.78 is 2.15. The maximum Gasteiger partial charge on any atom is 0.237 e. The molecule has 1 aliphatic heterocycles. The van der Waals surface area contributed by atoms with Gasteiger partial charge in [-0.25, -0.2) is 4.31 Å². The number of carbonyl (C=O) groups excluding carboxylic acids is 2. The number of amides is 2. The number of hydrogen-bond donors (Lipinski definition) is 6. The Morgan fingerprint density at radius 3 is 2.62 bits per heavy atom. The van der Waals surface area contributed by atoms with Crippen LogP contribution >= 0.6 is 11.9 Å². The molecule has 2 amide bonds. The molecule has 9 nitrogen and oxygen atoms in total. The van der Waals surface area contributed by atoms with Gasteiger partial charge in [0, 0.05) is 37.4 Å². The maximum atomic E-state index is 11.8. The van der Waals surface area contributed by atoms with Crippen molar-refractivity contribution in [1.29, 1.82) is 0 Å². The Hall–Kier alpha value is -2.95. The fourth-order valence-electron chi connectivity index (χ4n) is 3.45. The quantitative estimate of drug-likeness (QED) is 0.293. The van der Waals surface area contributed by atoms with Crippen LogP contribution in [0.4, 0.5) is 5.69 Å². The number of hydrogen-bond acceptors (Lipinski definition) is 8. The fraction of sp³-hybridized carbons (Fsp3) is 0.364. The van der Waals surface area contributed by atoms with Crippen molar-refractivity contribution in [2.45, 2.75) is 49.8 Å². The minimum Gasteiger partial charge on any atom is -0.508 e. The molecule has 172 valence electrons. The second-order valence-corrected chi connectivity index (χ2v) is 9.07. The molecule has 32 heavy (non-hydrogen) atoms. The lowest BCUT2D eigenvalue weighted by Gasteiger charge is -2.17. The van der Waals surface area contributed by atoms with Gasteiger partial charge < -0.3 is 32.3 Å². The Kier molecular flexibility index (Phi) is 7.84. The summed E-state index contributed by atoms with van der Waals surface area (Å²) in [6.07, 6.45) is 0.519. The highest BCUT2D eigenvalue weighted by Gasteiger charge is 2.22. The first kappa shape index (κ1) is 23.7. The smallest absolute Gasteiger partial charge is 0.237 e. The van der Waals surface area contributed by atoms with E-state index in [9.17, 15) is 19.8 Å². The Morgan fingerprint density at radius 1 is 1.16 bits per heavy atom. The van der Waals surface area contributed by atoms with Crippen molar-refractivity contribution in [2.24, 2.45) is 11.5 Å². The van der Waals surface area contributed by atoms with Gasteiger partial charge in [-0.3, -0.25) is 9.59 Å². The van der Waals surface area contributed by atoms with Crippen molar-refractivity contribution in [3.8, 4) is 11.5 Å². The van der Waals surface area contributed by atoms with Crippen LogP contribution in [0.5, 0.6) is 11.5 Å². The third-order valence-electron chi connectivity index (χ3n) is 5.12. The zero-order valence-electron chi connectivity index (χ0n) is 17.9. The molecule has 0 radical (unpaired) electrons. The predicted octanol–water partition coefficient (Wildman–Crippen LogP) is 1.63. The van der Waals surface area contributed by atoms with Gasteiger partial charge in [-0.05, 0) is 60.7 Å². The number of carbonyl (C=O) groups is 2. The van der Waals surface area contributed by atoms with Crippen molar-refractivity contribution in [1.82, 2.24) is 9.62 Å². The third kappa shape index (κ3) is 6.52. The van der Waals surface area contributed by atoms with Crippen molar-refractivity contribution >= 4 is 29.4 Å². The van der Waals surface area contributed by atoms with Gasteiger partial charge in [-0.15, -0.1) is 0 Å². The number of fused-ring (bicyclic) bond motifs is 1. The number of primary amides is 1. The molecule has 2 atom stereocenters. The minimum absolute atomic E-state index is 0.0365. The lowest BCUT2D eigenvalue weighted by atomic mass is 10.1. The van der Waals surface area contributed by atoms with Gasteiger partial charge in [-0.1, -0.05) is 6.07 Å². The molecule has 1 aliphatic rings. The average molecular weight is 460 g/mol. The number of nitrogens with zero attached hydrogens (tertiary/aromatic N) is 1. The van der Waals surface area contributed by atoms with Crippen LogP contribution in [0.2, 0.25) is 0 Å². The van der Waals surface area contributed by atoms with Crippen molar-refractivity contribution < 1.29 is 19.8 Å². The Labute approximate surface area is 191 Å². The zero-order valence-corrected chi connectivity index (χ0v) is 18.7. The molecule has 8 N–H and O–H groups in total. The molecule has 0 fully saturated rings. The van der Waals surface area contributed by atoms with Crippen LogP contribution < -0.4 is 22.1 Å². The van der Waals surface area contributed by atoms with Gasteiger partial charge in [0.15, 0.2) is 0 Å². The summed E-state index contributed by atoms with van der Waals surface area (Å²) in [5.74, 6) is -0.888. The van der Waals surface area contributed by atoms with Gasteiger partial charge in [0.05, 0.1) is 17.4 Å². The van der Waals surface area contributed by atoms with Gasteiger partial charge >= 0.3 is 0 Å². The molecule has 2 aromatic carbocycles. The largest absolute Gasteiger partial charge is 0.508 e. The molecule has 2 unspecified atom stereocenters. The first-order chi connectivity index (χ1) is 15.2. The SMILES string of the molecule is CC(CCNC(=O)C(N)CC(N)=O)Nc1ccc2c(c1)CN(Sc1ccc(O)cc1O)C2. The van der Waals surface area contributed by atoms with E-state index in [1.54, 1.807) is 12.1 Å². The molecule has 10 heteroatoms. The van der Waals surface area contributed by atoms with E-state index in [-0.39, 0.29) is 29.9 Å². The van der Waals surface area contributed by atoms with Gasteiger partial charge in [-0.2, -0.15) is 0 Å². The van der Waals surface area contributed by atoms with E-state index in [2.05, 4.69) is 27.1 Å². The summed E-state index contributed by atoms with van der Waals surface area (Å²) in [4.78, 5) is 23.4. The van der Waals surface area contributed by atoms with Crippen molar-refractivity contribution in [3.05, 3.63) is 47.5 Å². The number of benzene rings is 2. The van der Waals surface area contributed by atoms with Crippen molar-refractivity contribution in [3.63, 3.8) is 0 Å². The van der Waals surface area contributed by atoms with Gasteiger partial charge in [0.1, 0.15) is 11.5 Å². The Morgan fingerprint density at radius 2 is 1.91 bits per heavy atom. The predicted molar refractivity (Wildman–Crippen MR) is 124 cm³/mol. The standard InChI is InChI=1S/C22H29N5O4S/c1-13(6-7-25-22(31)18(23)10-21(24)30)26-16-3-2-14-11-27(12-15(14)8-16)32-20-5-4-17(28)9-19(20)29/h2-5,8-9,13,18,26,28-29H,6-7,10-12,23H2,1H3,(H2,24,30)(H,25,31). The molecule has 2 aromatic rings. The van der Waals surface area contributed by atoms with Crippen LogP contribution in [0.3, 0.4) is 0 Å². The lowest BCUT2D eigenvalue weighted by molar-refractivity contribution is -0.126. The van der Waals surface area contributed by atoms with E-state index in [1.807, 2.05) is 13.0 Å². The molecular weight excluding hydrogens is 430 g/mol. The summed E-state index contributed by atoms with van der Waals surface area (Å²) in [6, 6.07) is 10.0. The summed E-state index contributed by atoms with van der Waals surface area (Å²) in [5.41, 5.74) is 14.1. The van der Waals surface area contributed by atoms with Crippen LogP contribution in [0, 0.1) is 0 Å². The molecule has 0 saturated heterocycles. The third-order valence-corrected chi connectivity index (χ3v) is 6.18. The number of aromatic hydroxyl groups is 2. The van der Waals surface area contributed by atoms with E-state index in [0.717, 1.165) is 18.8 Å². The van der Waals surface area contributed by atoms with Crippen molar-refractivity contribution in [2.75, 3.05) is 11.9 Å². The summed E-state index contributed by atoms with van der Waals surface area (Å²) in [7, 11) is 0. The lowest BCUT2D eigenvalue weighted by Crippen LogP contribution is -2.43. The maximum absolute atomic E-state index is 11.8. The molecule has 0 aliphatic carbocycles. The Bertz CT molecular complexity index is 987. The van der Waals surface area contributed by atoms with Gasteiger partial charge in [0.25, 0.3) is 0 Å². The first-order valence-corrected chi connectivity index (χ1v) is 11.1. The van der Waals surface area contributed by atoms with E-state index in [4.69, 9.17) is 11.5 Å². The van der Waals surface area contributed by atoms with Crippen LogP contribution in [0.15, 0.2) is 41.3 Å². The molecule has 0 bridgehead atoms. The van der Waals surface area contributed by atoms with Crippen LogP contribution in [-0.4, -0.2) is 45.0 Å². The summed E-state index contributed by atoms with van der Waals surface area (Å²) >= 11 is 1.45. The topological polar surface area (TPSA) is 154 Å². The van der Waals surface area contributed by atoms with Crippen LogP contribution in [0.1, 0.15) is 30.9 Å². The molecule has 0 saturated carbocycles. The van der Waals surface area contributed by atoms with Gasteiger partial charge in [0.2, 0.25) is 11.8 Å². The monoisotopic (exact) mass is 459 g/mol. The molecule has 0 aromatic heterocycles. The number of phenolic OH excluding ortho intramolecular Hbond substituents is 2. The number of phenols is 2. The number of nitrogens with two attached hydrogens (primary N) is 2. The highest BCUT2D eigenvalue weighted by atomic mass is 32.2. The summed E-state index contributed by atoms with van der Waals surface area (Å²) in [6.45, 7) is 3.95. The number of rotatable bonds is 10. The van der Waals surface area contributed by atoms with Crippen LogP contribution in [-0.2, 0) is 22.7 Å². The molecule has 1 heterocycles. The summed E-state index contributed by atoms with van der Waals surface area (Å²) in [5, 5.41) is 25.6. The highest BCUT2D eigenvalue weighted by molar-refractivity contribution is 7.97. The van der Waals surface area contributed by atoms with E-state index in [0.29, 0.717) is 17.9 Å². The van der Waals surface area contributed by atoms with Crippen LogP contribution in [0.25, 0.3) is 0 Å². The number of anilines is 1. The Balaban J connectivity index is 1.47. The second-order valence-electron chi connectivity index (χ2n) is 7.93. The van der Waals surface area contributed by atoms with E-state index >= 15 is 0 Å². The minimum atomic E-state index is -0.920. The average Bonchev–Trinajstić information content (AvgIpc) is 3.11. The highest BCUT2D eigenvalue weighted by Crippen LogP contribution is 2.38. The fourth-order valence-corrected chi connectivity index (χ4v) is 4.42. The normalized spacial score (nSPS) is 15.1. The number of nitrogens with one attached hydrogen (secondary N) is 2. The molecule has 3 rings (SSSR count). The zero-order chi connectivity index (χ0) is 23.3. The van der Waals surface area contributed by atoms with E-state index in [1.165, 1.54) is 29.1 Å². The molecular formula is C22H29N5O4S.